The van der Waals surface area contributed by atoms with E-state index >= 15 is 0 Å². The largest absolute Gasteiger partial charge is 0.421 e. The third kappa shape index (κ3) is 1.82. The molecule has 0 amide bonds. The second-order valence-electron chi connectivity index (χ2n) is 3.58. The SMILES string of the molecule is CCc1nnc(-c2ccn3c(I)cnc3c2)o1. The van der Waals surface area contributed by atoms with Crippen LogP contribution in [0.15, 0.2) is 28.9 Å². The van der Waals surface area contributed by atoms with Crippen molar-refractivity contribution < 1.29 is 4.42 Å². The van der Waals surface area contributed by atoms with Crippen LogP contribution in [0.2, 0.25) is 0 Å². The van der Waals surface area contributed by atoms with Gasteiger partial charge in [0.2, 0.25) is 11.8 Å². The van der Waals surface area contributed by atoms with E-state index in [2.05, 4.69) is 37.8 Å². The third-order valence-corrected chi connectivity index (χ3v) is 3.28. The van der Waals surface area contributed by atoms with Crippen molar-refractivity contribution in [2.75, 3.05) is 0 Å². The van der Waals surface area contributed by atoms with Crippen molar-refractivity contribution in [1.82, 2.24) is 19.6 Å². The number of fused-ring (bicyclic) bond motifs is 1. The summed E-state index contributed by atoms with van der Waals surface area (Å²) in [6.07, 6.45) is 4.52. The first-order chi connectivity index (χ1) is 8.28. The molecule has 0 aliphatic heterocycles. The highest BCUT2D eigenvalue weighted by Gasteiger charge is 2.09. The molecule has 3 aromatic rings. The molecule has 0 aliphatic carbocycles. The van der Waals surface area contributed by atoms with Gasteiger partial charge in [0, 0.05) is 18.2 Å². The molecular weight excluding hydrogens is 331 g/mol. The molecule has 0 unspecified atom stereocenters. The molecule has 0 saturated carbocycles. The van der Waals surface area contributed by atoms with Gasteiger partial charge < -0.3 is 4.42 Å². The summed E-state index contributed by atoms with van der Waals surface area (Å²) in [5, 5.41) is 7.97. The Hall–Kier alpha value is -1.44. The molecule has 6 heteroatoms. The average molecular weight is 340 g/mol. The molecule has 3 heterocycles. The highest BCUT2D eigenvalue weighted by Crippen LogP contribution is 2.20. The molecule has 86 valence electrons. The van der Waals surface area contributed by atoms with E-state index in [4.69, 9.17) is 4.42 Å². The molecule has 0 fully saturated rings. The molecule has 0 spiro atoms. The standard InChI is InChI=1S/C11H9IN4O/c1-2-10-14-15-11(17-10)7-3-4-16-8(12)6-13-9(16)5-7/h3-6H,2H2,1H3. The number of hydrogen-bond acceptors (Lipinski definition) is 4. The Morgan fingerprint density at radius 1 is 1.41 bits per heavy atom. The maximum absolute atomic E-state index is 5.51. The van der Waals surface area contributed by atoms with Crippen LogP contribution in [0.1, 0.15) is 12.8 Å². The number of pyridine rings is 1. The topological polar surface area (TPSA) is 56.2 Å². The lowest BCUT2D eigenvalue weighted by Gasteiger charge is -1.97. The predicted molar refractivity (Wildman–Crippen MR) is 70.6 cm³/mol. The summed E-state index contributed by atoms with van der Waals surface area (Å²) in [4.78, 5) is 4.30. The van der Waals surface area contributed by atoms with E-state index in [1.54, 1.807) is 0 Å². The van der Waals surface area contributed by atoms with Gasteiger partial charge in [0.25, 0.3) is 0 Å². The number of halogens is 1. The van der Waals surface area contributed by atoms with Gasteiger partial charge in [-0.05, 0) is 34.7 Å². The molecule has 0 aliphatic rings. The van der Waals surface area contributed by atoms with Crippen molar-refractivity contribution in [3.63, 3.8) is 0 Å². The predicted octanol–water partition coefficient (Wildman–Crippen LogP) is 2.55. The van der Waals surface area contributed by atoms with Crippen LogP contribution in [0, 0.1) is 3.70 Å². The van der Waals surface area contributed by atoms with Gasteiger partial charge in [0.05, 0.1) is 6.20 Å². The second kappa shape index (κ2) is 4.10. The lowest BCUT2D eigenvalue weighted by Crippen LogP contribution is -1.87. The smallest absolute Gasteiger partial charge is 0.247 e. The van der Waals surface area contributed by atoms with Crippen LogP contribution in [0.4, 0.5) is 0 Å². The van der Waals surface area contributed by atoms with E-state index in [0.717, 1.165) is 21.3 Å². The molecule has 3 rings (SSSR count). The summed E-state index contributed by atoms with van der Waals surface area (Å²) < 4.78 is 8.59. The van der Waals surface area contributed by atoms with E-state index in [-0.39, 0.29) is 0 Å². The first-order valence-electron chi connectivity index (χ1n) is 5.23. The first-order valence-corrected chi connectivity index (χ1v) is 6.31. The number of aromatic nitrogens is 4. The fraction of sp³-hybridized carbons (Fsp3) is 0.182. The van der Waals surface area contributed by atoms with Crippen LogP contribution in [-0.4, -0.2) is 19.6 Å². The average Bonchev–Trinajstić information content (AvgIpc) is 2.96. The van der Waals surface area contributed by atoms with Crippen molar-refractivity contribution >= 4 is 28.2 Å². The first kappa shape index (κ1) is 10.7. The van der Waals surface area contributed by atoms with Gasteiger partial charge in [-0.25, -0.2) is 4.98 Å². The van der Waals surface area contributed by atoms with Crippen molar-refractivity contribution in [1.29, 1.82) is 0 Å². The zero-order chi connectivity index (χ0) is 11.8. The fourth-order valence-electron chi connectivity index (χ4n) is 1.60. The van der Waals surface area contributed by atoms with Crippen molar-refractivity contribution in [3.8, 4) is 11.5 Å². The number of aryl methyl sites for hydroxylation is 1. The Morgan fingerprint density at radius 2 is 2.29 bits per heavy atom. The van der Waals surface area contributed by atoms with Crippen LogP contribution >= 0.6 is 22.6 Å². The molecule has 0 bridgehead atoms. The van der Waals surface area contributed by atoms with Gasteiger partial charge in [-0.1, -0.05) is 6.92 Å². The van der Waals surface area contributed by atoms with Crippen molar-refractivity contribution in [2.45, 2.75) is 13.3 Å². The van der Waals surface area contributed by atoms with E-state index in [1.165, 1.54) is 0 Å². The molecule has 0 saturated heterocycles. The van der Waals surface area contributed by atoms with Gasteiger partial charge in [-0.3, -0.25) is 4.40 Å². The summed E-state index contributed by atoms with van der Waals surface area (Å²) in [6, 6.07) is 3.89. The van der Waals surface area contributed by atoms with E-state index in [0.29, 0.717) is 11.8 Å². The van der Waals surface area contributed by atoms with Crippen LogP contribution in [0.5, 0.6) is 0 Å². The number of rotatable bonds is 2. The van der Waals surface area contributed by atoms with E-state index < -0.39 is 0 Å². The summed E-state index contributed by atoms with van der Waals surface area (Å²) in [7, 11) is 0. The highest BCUT2D eigenvalue weighted by molar-refractivity contribution is 14.1. The van der Waals surface area contributed by atoms with E-state index in [9.17, 15) is 0 Å². The van der Waals surface area contributed by atoms with Gasteiger partial charge in [-0.2, -0.15) is 0 Å². The molecule has 3 aromatic heterocycles. The normalized spacial score (nSPS) is 11.2. The fourth-order valence-corrected chi connectivity index (χ4v) is 2.14. The number of nitrogens with zero attached hydrogens (tertiary/aromatic N) is 4. The minimum absolute atomic E-state index is 0.544. The number of hydrogen-bond donors (Lipinski definition) is 0. The zero-order valence-corrected chi connectivity index (χ0v) is 11.2. The Morgan fingerprint density at radius 3 is 3.06 bits per heavy atom. The Balaban J connectivity index is 2.11. The zero-order valence-electron chi connectivity index (χ0n) is 9.09. The molecule has 0 N–H and O–H groups in total. The molecule has 5 nitrogen and oxygen atoms in total. The van der Waals surface area contributed by atoms with Crippen LogP contribution in [0.25, 0.3) is 17.1 Å². The lowest BCUT2D eigenvalue weighted by molar-refractivity contribution is 0.513. The summed E-state index contributed by atoms with van der Waals surface area (Å²) in [5.74, 6) is 1.19. The third-order valence-electron chi connectivity index (χ3n) is 2.48. The molecule has 17 heavy (non-hydrogen) atoms. The maximum Gasteiger partial charge on any atom is 0.247 e. The quantitative estimate of drug-likeness (QED) is 0.673. The van der Waals surface area contributed by atoms with Crippen molar-refractivity contribution in [3.05, 3.63) is 34.1 Å². The second-order valence-corrected chi connectivity index (χ2v) is 4.68. The summed E-state index contributed by atoms with van der Waals surface area (Å²) >= 11 is 2.24. The van der Waals surface area contributed by atoms with Gasteiger partial charge in [-0.15, -0.1) is 10.2 Å². The van der Waals surface area contributed by atoms with Gasteiger partial charge >= 0.3 is 0 Å². The summed E-state index contributed by atoms with van der Waals surface area (Å²) in [5.41, 5.74) is 1.77. The minimum atomic E-state index is 0.544. The Bertz CT molecular complexity index is 673. The highest BCUT2D eigenvalue weighted by atomic mass is 127. The monoisotopic (exact) mass is 340 g/mol. The van der Waals surface area contributed by atoms with Gasteiger partial charge in [0.1, 0.15) is 9.35 Å². The summed E-state index contributed by atoms with van der Waals surface area (Å²) in [6.45, 7) is 1.98. The van der Waals surface area contributed by atoms with Crippen LogP contribution < -0.4 is 0 Å². The Labute approximate surface area is 111 Å². The lowest BCUT2D eigenvalue weighted by atomic mass is 10.2. The van der Waals surface area contributed by atoms with Crippen LogP contribution in [-0.2, 0) is 6.42 Å². The minimum Gasteiger partial charge on any atom is -0.421 e. The molecule has 0 atom stereocenters. The van der Waals surface area contributed by atoms with Crippen LogP contribution in [0.3, 0.4) is 0 Å². The van der Waals surface area contributed by atoms with E-state index in [1.807, 2.05) is 35.9 Å². The van der Waals surface area contributed by atoms with Crippen molar-refractivity contribution in [2.24, 2.45) is 0 Å². The molecular formula is C11H9IN4O. The maximum atomic E-state index is 5.51. The van der Waals surface area contributed by atoms with Gasteiger partial charge in [0.15, 0.2) is 0 Å². The molecule has 0 aromatic carbocycles. The Kier molecular flexibility index (Phi) is 2.58. The number of imidazole rings is 1. The molecule has 0 radical (unpaired) electrons.